The van der Waals surface area contributed by atoms with E-state index < -0.39 is 0 Å². The van der Waals surface area contributed by atoms with E-state index in [4.69, 9.17) is 4.74 Å². The number of rotatable bonds is 7. The minimum atomic E-state index is -0.305. The summed E-state index contributed by atoms with van der Waals surface area (Å²) in [6.45, 7) is 1.14. The highest BCUT2D eigenvalue weighted by atomic mass is 19.1. The van der Waals surface area contributed by atoms with Crippen LogP contribution in [0.15, 0.2) is 60.7 Å². The summed E-state index contributed by atoms with van der Waals surface area (Å²) in [6, 6.07) is 17.9. The van der Waals surface area contributed by atoms with Crippen LogP contribution in [0.1, 0.15) is 0 Å². The van der Waals surface area contributed by atoms with Crippen LogP contribution in [0.4, 0.5) is 21.8 Å². The van der Waals surface area contributed by atoms with Crippen LogP contribution in [-0.2, 0) is 4.74 Å². The fraction of sp³-hybridized carbons (Fsp3) is 0.158. The molecule has 0 unspecified atom stereocenters. The van der Waals surface area contributed by atoms with Gasteiger partial charge in [-0.3, -0.25) is 0 Å². The Labute approximate surface area is 145 Å². The first-order valence-electron chi connectivity index (χ1n) is 7.94. The second kappa shape index (κ2) is 8.21. The van der Waals surface area contributed by atoms with Gasteiger partial charge in [-0.25, -0.2) is 9.37 Å². The summed E-state index contributed by atoms with van der Waals surface area (Å²) in [6.07, 6.45) is 0. The highest BCUT2D eigenvalue weighted by Crippen LogP contribution is 2.23. The zero-order valence-electron chi connectivity index (χ0n) is 13.9. The minimum absolute atomic E-state index is 0.305. The summed E-state index contributed by atoms with van der Waals surface area (Å²) in [5.41, 5.74) is 2.37. The molecule has 128 valence electrons. The number of benzene rings is 2. The third kappa shape index (κ3) is 4.74. The Morgan fingerprint density at radius 3 is 2.60 bits per heavy atom. The van der Waals surface area contributed by atoms with E-state index in [1.165, 1.54) is 12.1 Å². The molecule has 0 fully saturated rings. The maximum Gasteiger partial charge on any atom is 0.225 e. The fourth-order valence-electron chi connectivity index (χ4n) is 2.33. The van der Waals surface area contributed by atoms with Gasteiger partial charge in [0.25, 0.3) is 0 Å². The monoisotopic (exact) mass is 338 g/mol. The number of nitrogens with one attached hydrogen (secondary N) is 2. The molecule has 0 amide bonds. The molecule has 0 atom stereocenters. The molecule has 6 heteroatoms. The Kier molecular flexibility index (Phi) is 5.53. The number of aromatic nitrogens is 2. The highest BCUT2D eigenvalue weighted by Gasteiger charge is 2.07. The molecule has 25 heavy (non-hydrogen) atoms. The first-order valence-corrected chi connectivity index (χ1v) is 7.94. The molecule has 0 saturated heterocycles. The van der Waals surface area contributed by atoms with Gasteiger partial charge in [0.1, 0.15) is 11.6 Å². The van der Waals surface area contributed by atoms with Crippen molar-refractivity contribution in [3.63, 3.8) is 0 Å². The second-order valence-corrected chi connectivity index (χ2v) is 5.38. The third-order valence-corrected chi connectivity index (χ3v) is 3.48. The molecule has 0 radical (unpaired) electrons. The van der Waals surface area contributed by atoms with Crippen LogP contribution in [0.5, 0.6) is 0 Å². The number of hydrogen-bond acceptors (Lipinski definition) is 5. The summed E-state index contributed by atoms with van der Waals surface area (Å²) in [4.78, 5) is 8.99. The lowest BCUT2D eigenvalue weighted by Crippen LogP contribution is -2.11. The molecular formula is C19H19FN4O. The second-order valence-electron chi connectivity index (χ2n) is 5.38. The molecule has 2 N–H and O–H groups in total. The molecule has 0 aliphatic heterocycles. The number of nitrogens with zero attached hydrogens (tertiary/aromatic N) is 2. The van der Waals surface area contributed by atoms with Gasteiger partial charge in [-0.2, -0.15) is 4.98 Å². The number of ether oxygens (including phenoxy) is 1. The van der Waals surface area contributed by atoms with Crippen molar-refractivity contribution in [1.82, 2.24) is 9.97 Å². The standard InChI is InChI=1S/C19H19FN4O/c1-25-11-10-21-19-23-17(14-6-3-2-4-7-14)13-18(24-19)22-16-9-5-8-15(20)12-16/h2-9,12-13H,10-11H2,1H3,(H2,21,22,23,24). The number of methoxy groups -OCH3 is 1. The molecule has 5 nitrogen and oxygen atoms in total. The first kappa shape index (κ1) is 16.9. The van der Waals surface area contributed by atoms with Gasteiger partial charge in [0.15, 0.2) is 0 Å². The quantitative estimate of drug-likeness (QED) is 0.636. The molecule has 0 aliphatic carbocycles. The van der Waals surface area contributed by atoms with Crippen molar-refractivity contribution in [2.24, 2.45) is 0 Å². The SMILES string of the molecule is COCCNc1nc(Nc2cccc(F)c2)cc(-c2ccccc2)n1. The molecule has 0 bridgehead atoms. The fourth-order valence-corrected chi connectivity index (χ4v) is 2.33. The van der Waals surface area contributed by atoms with Gasteiger partial charge in [0, 0.05) is 31.0 Å². The predicted octanol–water partition coefficient (Wildman–Crippen LogP) is 4.08. The summed E-state index contributed by atoms with van der Waals surface area (Å²) in [5.74, 6) is 0.762. The highest BCUT2D eigenvalue weighted by molar-refractivity contribution is 5.67. The molecule has 1 aromatic heterocycles. The van der Waals surface area contributed by atoms with Crippen LogP contribution in [0, 0.1) is 5.82 Å². The first-order chi connectivity index (χ1) is 12.2. The number of anilines is 3. The van der Waals surface area contributed by atoms with E-state index in [1.54, 1.807) is 19.2 Å². The Balaban J connectivity index is 1.91. The summed E-state index contributed by atoms with van der Waals surface area (Å²) < 4.78 is 18.4. The average molecular weight is 338 g/mol. The molecule has 1 heterocycles. The van der Waals surface area contributed by atoms with Gasteiger partial charge in [0.05, 0.1) is 12.3 Å². The lowest BCUT2D eigenvalue weighted by atomic mass is 10.1. The molecule has 0 aliphatic rings. The van der Waals surface area contributed by atoms with E-state index in [2.05, 4.69) is 20.6 Å². The number of hydrogen-bond donors (Lipinski definition) is 2. The Bertz CT molecular complexity index is 827. The van der Waals surface area contributed by atoms with E-state index >= 15 is 0 Å². The average Bonchev–Trinajstić information content (AvgIpc) is 2.63. The van der Waals surface area contributed by atoms with E-state index in [9.17, 15) is 4.39 Å². The molecule has 3 aromatic rings. The van der Waals surface area contributed by atoms with Gasteiger partial charge in [0.2, 0.25) is 5.95 Å². The van der Waals surface area contributed by atoms with Crippen LogP contribution < -0.4 is 10.6 Å². The molecule has 3 rings (SSSR count). The third-order valence-electron chi connectivity index (χ3n) is 3.48. The van der Waals surface area contributed by atoms with Crippen molar-refractivity contribution in [2.45, 2.75) is 0 Å². The smallest absolute Gasteiger partial charge is 0.225 e. The maximum atomic E-state index is 13.4. The van der Waals surface area contributed by atoms with Gasteiger partial charge in [-0.1, -0.05) is 36.4 Å². The minimum Gasteiger partial charge on any atom is -0.383 e. The largest absolute Gasteiger partial charge is 0.383 e. The Hall–Kier alpha value is -2.99. The van der Waals surface area contributed by atoms with Crippen LogP contribution in [0.2, 0.25) is 0 Å². The van der Waals surface area contributed by atoms with E-state index in [0.29, 0.717) is 30.6 Å². The van der Waals surface area contributed by atoms with Crippen molar-refractivity contribution in [3.8, 4) is 11.3 Å². The van der Waals surface area contributed by atoms with Crippen molar-refractivity contribution >= 4 is 17.5 Å². The number of halogens is 1. The normalized spacial score (nSPS) is 10.5. The van der Waals surface area contributed by atoms with Crippen molar-refractivity contribution in [2.75, 3.05) is 30.9 Å². The summed E-state index contributed by atoms with van der Waals surface area (Å²) >= 11 is 0. The zero-order valence-corrected chi connectivity index (χ0v) is 13.9. The van der Waals surface area contributed by atoms with Gasteiger partial charge >= 0.3 is 0 Å². The molecule has 0 saturated carbocycles. The van der Waals surface area contributed by atoms with Crippen molar-refractivity contribution in [1.29, 1.82) is 0 Å². The van der Waals surface area contributed by atoms with Crippen LogP contribution in [0.25, 0.3) is 11.3 Å². The van der Waals surface area contributed by atoms with E-state index in [1.807, 2.05) is 36.4 Å². The Morgan fingerprint density at radius 2 is 1.84 bits per heavy atom. The van der Waals surface area contributed by atoms with Gasteiger partial charge in [-0.15, -0.1) is 0 Å². The summed E-state index contributed by atoms with van der Waals surface area (Å²) in [5, 5.41) is 6.26. The topological polar surface area (TPSA) is 59.1 Å². The molecule has 2 aromatic carbocycles. The molecule has 0 spiro atoms. The predicted molar refractivity (Wildman–Crippen MR) is 97.5 cm³/mol. The van der Waals surface area contributed by atoms with Crippen LogP contribution >= 0.6 is 0 Å². The Morgan fingerprint density at radius 1 is 1.00 bits per heavy atom. The molecular weight excluding hydrogens is 319 g/mol. The van der Waals surface area contributed by atoms with Crippen molar-refractivity contribution in [3.05, 3.63) is 66.5 Å². The summed E-state index contributed by atoms with van der Waals surface area (Å²) in [7, 11) is 1.64. The zero-order chi connectivity index (χ0) is 17.5. The lowest BCUT2D eigenvalue weighted by molar-refractivity contribution is 0.210. The maximum absolute atomic E-state index is 13.4. The van der Waals surface area contributed by atoms with Crippen LogP contribution in [-0.4, -0.2) is 30.2 Å². The van der Waals surface area contributed by atoms with E-state index in [-0.39, 0.29) is 5.82 Å². The van der Waals surface area contributed by atoms with Crippen molar-refractivity contribution < 1.29 is 9.13 Å². The van der Waals surface area contributed by atoms with E-state index in [0.717, 1.165) is 11.3 Å². The lowest BCUT2D eigenvalue weighted by Gasteiger charge is -2.11. The van der Waals surface area contributed by atoms with Crippen LogP contribution in [0.3, 0.4) is 0 Å². The van der Waals surface area contributed by atoms with Gasteiger partial charge in [-0.05, 0) is 18.2 Å². The van der Waals surface area contributed by atoms with Gasteiger partial charge < -0.3 is 15.4 Å².